The molecule has 0 radical (unpaired) electrons. The normalized spacial score (nSPS) is 11.0. The molecule has 19 heavy (non-hydrogen) atoms. The minimum absolute atomic E-state index is 0.408. The number of nitro groups is 1. The number of carbonyl (C=O) groups excluding carboxylic acids is 1. The fraction of sp³-hybridized carbons (Fsp3) is 0.250. The van der Waals surface area contributed by atoms with Crippen LogP contribution in [-0.2, 0) is 4.74 Å². The smallest absolute Gasteiger partial charge is 0.465 e. The third kappa shape index (κ3) is 3.90. The molecule has 7 nitrogen and oxygen atoms in total. The van der Waals surface area contributed by atoms with Crippen molar-refractivity contribution >= 4 is 34.4 Å². The molecule has 0 atom stereocenters. The lowest BCUT2D eigenvalue weighted by molar-refractivity contribution is -0.390. The fourth-order valence-electron chi connectivity index (χ4n) is 1.06. The van der Waals surface area contributed by atoms with Gasteiger partial charge in [0.25, 0.3) is 3.70 Å². The topological polar surface area (TPSA) is 91.6 Å². The van der Waals surface area contributed by atoms with E-state index in [0.717, 1.165) is 7.11 Å². The first-order valence-electron chi connectivity index (χ1n) is 4.34. The number of methoxy groups -OCH3 is 1. The van der Waals surface area contributed by atoms with E-state index in [1.54, 1.807) is 0 Å². The third-order valence-electron chi connectivity index (χ3n) is 1.73. The Kier molecular flexibility index (Phi) is 4.49. The summed E-state index contributed by atoms with van der Waals surface area (Å²) in [6.45, 7) is 0. The van der Waals surface area contributed by atoms with Crippen LogP contribution in [0.3, 0.4) is 0 Å². The van der Waals surface area contributed by atoms with Crippen molar-refractivity contribution in [3.05, 3.63) is 25.4 Å². The maximum absolute atomic E-state index is 12.1. The van der Waals surface area contributed by atoms with Gasteiger partial charge < -0.3 is 19.6 Å². The summed E-state index contributed by atoms with van der Waals surface area (Å²) >= 11 is 1.32. The predicted molar refractivity (Wildman–Crippen MR) is 61.6 cm³/mol. The number of halogens is 4. The molecule has 0 amide bonds. The van der Waals surface area contributed by atoms with Crippen molar-refractivity contribution in [2.45, 2.75) is 6.36 Å². The van der Waals surface area contributed by atoms with Gasteiger partial charge in [0.1, 0.15) is 0 Å². The lowest BCUT2D eigenvalue weighted by atomic mass is 10.2. The average Bonchev–Trinajstić information content (AvgIpc) is 2.28. The van der Waals surface area contributed by atoms with E-state index in [0.29, 0.717) is 6.07 Å². The minimum Gasteiger partial charge on any atom is -0.465 e. The Balaban J connectivity index is 3.38. The van der Waals surface area contributed by atoms with Crippen molar-refractivity contribution in [1.29, 1.82) is 0 Å². The number of carbonyl (C=O) groups is 1. The van der Waals surface area contributed by atoms with E-state index in [1.807, 2.05) is 0 Å². The highest BCUT2D eigenvalue weighted by Crippen LogP contribution is 2.31. The second kappa shape index (κ2) is 5.54. The van der Waals surface area contributed by atoms with E-state index < -0.39 is 38.1 Å². The van der Waals surface area contributed by atoms with Crippen molar-refractivity contribution in [3.8, 4) is 5.75 Å². The van der Waals surface area contributed by atoms with Crippen LogP contribution in [-0.4, -0.2) is 29.3 Å². The number of pyridine rings is 1. The van der Waals surface area contributed by atoms with Gasteiger partial charge in [0.2, 0.25) is 0 Å². The lowest BCUT2D eigenvalue weighted by Gasteiger charge is -2.09. The molecule has 0 aliphatic heterocycles. The molecule has 0 saturated heterocycles. The highest BCUT2D eigenvalue weighted by atomic mass is 127. The van der Waals surface area contributed by atoms with Crippen LogP contribution in [0, 0.1) is 13.8 Å². The van der Waals surface area contributed by atoms with Crippen LogP contribution in [0.1, 0.15) is 10.4 Å². The molecule has 0 fully saturated rings. The van der Waals surface area contributed by atoms with Crippen molar-refractivity contribution in [2.75, 3.05) is 7.11 Å². The van der Waals surface area contributed by atoms with Gasteiger partial charge in [0.05, 0.1) is 7.11 Å². The van der Waals surface area contributed by atoms with Crippen LogP contribution in [0.5, 0.6) is 5.75 Å². The second-order valence-electron chi connectivity index (χ2n) is 2.94. The Morgan fingerprint density at radius 1 is 1.53 bits per heavy atom. The molecule has 11 heteroatoms. The molecule has 0 unspecified atom stereocenters. The van der Waals surface area contributed by atoms with Crippen LogP contribution < -0.4 is 4.74 Å². The van der Waals surface area contributed by atoms with Gasteiger partial charge in [0, 0.05) is 28.7 Å². The van der Waals surface area contributed by atoms with E-state index in [2.05, 4.69) is 14.5 Å². The monoisotopic (exact) mass is 392 g/mol. The minimum atomic E-state index is -5.01. The van der Waals surface area contributed by atoms with Gasteiger partial charge in [-0.2, -0.15) is 0 Å². The number of hydrogen-bond donors (Lipinski definition) is 0. The maximum Gasteiger partial charge on any atom is 0.573 e. The van der Waals surface area contributed by atoms with Crippen LogP contribution in [0.4, 0.5) is 19.0 Å². The van der Waals surface area contributed by atoms with Crippen molar-refractivity contribution in [3.63, 3.8) is 0 Å². The Hall–Kier alpha value is -1.66. The summed E-state index contributed by atoms with van der Waals surface area (Å²) in [6.07, 6.45) is -5.01. The van der Waals surface area contributed by atoms with Gasteiger partial charge in [-0.1, -0.05) is 0 Å². The van der Waals surface area contributed by atoms with E-state index in [1.165, 1.54) is 22.6 Å². The predicted octanol–water partition coefficient (Wildman–Crippen LogP) is 2.28. The molecule has 1 heterocycles. The summed E-state index contributed by atoms with van der Waals surface area (Å²) in [5.74, 6) is -2.92. The van der Waals surface area contributed by atoms with Gasteiger partial charge in [-0.3, -0.25) is 0 Å². The van der Waals surface area contributed by atoms with Crippen molar-refractivity contribution < 1.29 is 32.4 Å². The quantitative estimate of drug-likeness (QED) is 0.258. The molecular weight excluding hydrogens is 388 g/mol. The summed E-state index contributed by atoms with van der Waals surface area (Å²) in [7, 11) is 0.925. The molecule has 1 aromatic rings. The van der Waals surface area contributed by atoms with Crippen molar-refractivity contribution in [1.82, 2.24) is 4.98 Å². The third-order valence-corrected chi connectivity index (χ3v) is 2.50. The molecule has 1 rings (SSSR count). The largest absolute Gasteiger partial charge is 0.573 e. The fourth-order valence-corrected chi connectivity index (χ4v) is 1.55. The van der Waals surface area contributed by atoms with Gasteiger partial charge in [-0.15, -0.1) is 13.2 Å². The number of rotatable bonds is 3. The van der Waals surface area contributed by atoms with Gasteiger partial charge in [-0.25, -0.2) is 4.79 Å². The van der Waals surface area contributed by atoms with E-state index >= 15 is 0 Å². The summed E-state index contributed by atoms with van der Waals surface area (Å²) in [6, 6.07) is 0.562. The number of nitrogens with zero attached hydrogens (tertiary/aromatic N) is 2. The standard InChI is InChI=1S/C8H4F3IN2O5/c1-18-7(15)3-2-4(19-8(9,10)11)5(12)13-6(3)14(16)17/h2H,1H3. The second-order valence-corrected chi connectivity index (χ2v) is 3.97. The summed E-state index contributed by atoms with van der Waals surface area (Å²) in [5, 5.41) is 10.7. The molecule has 0 saturated carbocycles. The van der Waals surface area contributed by atoms with Gasteiger partial charge in [0.15, 0.2) is 11.3 Å². The van der Waals surface area contributed by atoms with Gasteiger partial charge in [-0.05, 0) is 9.91 Å². The summed E-state index contributed by atoms with van der Waals surface area (Å²) < 4.78 is 43.7. The van der Waals surface area contributed by atoms with Crippen LogP contribution >= 0.6 is 22.6 Å². The molecule has 0 aliphatic rings. The highest BCUT2D eigenvalue weighted by molar-refractivity contribution is 14.1. The van der Waals surface area contributed by atoms with Crippen LogP contribution in [0.15, 0.2) is 6.07 Å². The first-order chi connectivity index (χ1) is 8.65. The molecule has 0 aliphatic carbocycles. The molecule has 0 N–H and O–H groups in total. The van der Waals surface area contributed by atoms with E-state index in [-0.39, 0.29) is 0 Å². The number of alkyl halides is 3. The summed E-state index contributed by atoms with van der Waals surface area (Å²) in [4.78, 5) is 24.2. The lowest BCUT2D eigenvalue weighted by Crippen LogP contribution is -2.19. The molecular formula is C8H4F3IN2O5. The first kappa shape index (κ1) is 15.4. The SMILES string of the molecule is COC(=O)c1cc(OC(F)(F)F)c(I)nc1[N+](=O)[O-]. The zero-order chi connectivity index (χ0) is 14.8. The average molecular weight is 392 g/mol. The first-order valence-corrected chi connectivity index (χ1v) is 5.42. The molecule has 0 aromatic carbocycles. The highest BCUT2D eigenvalue weighted by Gasteiger charge is 2.35. The molecule has 0 bridgehead atoms. The molecule has 104 valence electrons. The number of hydrogen-bond acceptors (Lipinski definition) is 6. The Labute approximate surface area is 117 Å². The number of ether oxygens (including phenoxy) is 2. The van der Waals surface area contributed by atoms with Crippen molar-refractivity contribution in [2.24, 2.45) is 0 Å². The molecule has 0 spiro atoms. The Bertz CT molecular complexity index is 534. The van der Waals surface area contributed by atoms with E-state index in [9.17, 15) is 28.1 Å². The summed E-state index contributed by atoms with van der Waals surface area (Å²) in [5.41, 5.74) is -0.729. The zero-order valence-electron chi connectivity index (χ0n) is 9.02. The zero-order valence-corrected chi connectivity index (χ0v) is 11.2. The van der Waals surface area contributed by atoms with Crippen LogP contribution in [0.25, 0.3) is 0 Å². The Morgan fingerprint density at radius 2 is 2.11 bits per heavy atom. The maximum atomic E-state index is 12.1. The van der Waals surface area contributed by atoms with E-state index in [4.69, 9.17) is 0 Å². The number of esters is 1. The van der Waals surface area contributed by atoms with Crippen LogP contribution in [0.2, 0.25) is 0 Å². The Morgan fingerprint density at radius 3 is 2.53 bits per heavy atom. The van der Waals surface area contributed by atoms with Gasteiger partial charge >= 0.3 is 18.1 Å². The number of aromatic nitrogens is 1. The molecule has 1 aromatic heterocycles.